The Morgan fingerprint density at radius 2 is 1.90 bits per heavy atom. The number of alkyl halides is 3. The second-order valence-electron chi connectivity index (χ2n) is 10.2. The standard InChI is InChI=1S/C26H24BrF3N6O3/c27-15-3-1-4-19-22(15)25(24(39)36(19)14-21(37)35-10-2-5-20(35)26(28,29)30)8-11-34(12-9-25)23(38)17-7-6-16-18(32-17)13-31-33-16/h1,3-4,6-7,13,20H,2,5,8-12,14H2,(H,31,33). The monoisotopic (exact) mass is 604 g/mol. The number of amides is 3. The molecule has 3 amide bonds. The van der Waals surface area contributed by atoms with Crippen LogP contribution in [0.2, 0.25) is 0 Å². The lowest BCUT2D eigenvalue weighted by molar-refractivity contribution is -0.182. The van der Waals surface area contributed by atoms with Gasteiger partial charge in [-0.25, -0.2) is 4.98 Å². The Kier molecular flexibility index (Phi) is 6.16. The Labute approximate surface area is 229 Å². The molecule has 204 valence electrons. The van der Waals surface area contributed by atoms with Crippen molar-refractivity contribution in [2.75, 3.05) is 31.1 Å². The third-order valence-electron chi connectivity index (χ3n) is 8.08. The lowest BCUT2D eigenvalue weighted by Crippen LogP contribution is -2.53. The van der Waals surface area contributed by atoms with Gasteiger partial charge in [0.15, 0.2) is 0 Å². The maximum absolute atomic E-state index is 14.0. The van der Waals surface area contributed by atoms with Gasteiger partial charge in [0.2, 0.25) is 11.8 Å². The number of pyridine rings is 1. The number of benzene rings is 1. The summed E-state index contributed by atoms with van der Waals surface area (Å²) in [4.78, 5) is 48.5. The molecule has 0 aliphatic carbocycles. The van der Waals surface area contributed by atoms with Crippen molar-refractivity contribution in [3.63, 3.8) is 0 Å². The first-order valence-electron chi connectivity index (χ1n) is 12.7. The van der Waals surface area contributed by atoms with Crippen molar-refractivity contribution >= 4 is 50.4 Å². The van der Waals surface area contributed by atoms with Crippen LogP contribution in [0.25, 0.3) is 11.0 Å². The van der Waals surface area contributed by atoms with E-state index in [1.807, 2.05) is 0 Å². The first-order chi connectivity index (χ1) is 18.6. The van der Waals surface area contributed by atoms with Gasteiger partial charge in [0.05, 0.1) is 17.1 Å². The zero-order valence-electron chi connectivity index (χ0n) is 20.7. The fraction of sp³-hybridized carbons (Fsp3) is 0.423. The van der Waals surface area contributed by atoms with E-state index in [0.717, 1.165) is 4.90 Å². The van der Waals surface area contributed by atoms with E-state index in [2.05, 4.69) is 31.1 Å². The molecule has 9 nitrogen and oxygen atoms in total. The number of fused-ring (bicyclic) bond motifs is 3. The molecule has 3 aromatic rings. The summed E-state index contributed by atoms with van der Waals surface area (Å²) in [6.07, 6.45) is -2.23. The lowest BCUT2D eigenvalue weighted by Gasteiger charge is -2.38. The molecule has 5 heterocycles. The van der Waals surface area contributed by atoms with Crippen molar-refractivity contribution in [1.29, 1.82) is 0 Å². The summed E-state index contributed by atoms with van der Waals surface area (Å²) in [6.45, 7) is 0.103. The highest BCUT2D eigenvalue weighted by atomic mass is 79.9. The largest absolute Gasteiger partial charge is 0.408 e. The summed E-state index contributed by atoms with van der Waals surface area (Å²) < 4.78 is 41.2. The van der Waals surface area contributed by atoms with Crippen LogP contribution in [0.1, 0.15) is 41.7 Å². The van der Waals surface area contributed by atoms with Crippen molar-refractivity contribution in [3.8, 4) is 0 Å². The number of aromatic nitrogens is 3. The second kappa shape index (κ2) is 9.32. The van der Waals surface area contributed by atoms with Crippen LogP contribution >= 0.6 is 15.9 Å². The molecule has 1 spiro atoms. The van der Waals surface area contributed by atoms with Crippen molar-refractivity contribution in [2.45, 2.75) is 43.3 Å². The van der Waals surface area contributed by atoms with Crippen LogP contribution in [0.15, 0.2) is 41.0 Å². The van der Waals surface area contributed by atoms with Crippen LogP contribution in [-0.2, 0) is 15.0 Å². The minimum absolute atomic E-state index is 0.0112. The number of aromatic amines is 1. The summed E-state index contributed by atoms with van der Waals surface area (Å²) in [6, 6.07) is 6.79. The van der Waals surface area contributed by atoms with Gasteiger partial charge in [0, 0.05) is 35.4 Å². The zero-order valence-corrected chi connectivity index (χ0v) is 22.3. The molecule has 2 saturated heterocycles. The quantitative estimate of drug-likeness (QED) is 0.490. The van der Waals surface area contributed by atoms with E-state index in [4.69, 9.17) is 0 Å². The van der Waals surface area contributed by atoms with Crippen LogP contribution in [0.3, 0.4) is 0 Å². The molecule has 6 rings (SSSR count). The van der Waals surface area contributed by atoms with Crippen molar-refractivity contribution < 1.29 is 27.6 Å². The molecule has 1 atom stereocenters. The number of likely N-dealkylation sites (tertiary alicyclic amines) is 2. The highest BCUT2D eigenvalue weighted by Gasteiger charge is 2.55. The van der Waals surface area contributed by atoms with Gasteiger partial charge in [0.1, 0.15) is 23.8 Å². The highest BCUT2D eigenvalue weighted by Crippen LogP contribution is 2.51. The van der Waals surface area contributed by atoms with E-state index < -0.39 is 30.1 Å². The first-order valence-corrected chi connectivity index (χ1v) is 13.5. The fourth-order valence-electron chi connectivity index (χ4n) is 6.14. The summed E-state index contributed by atoms with van der Waals surface area (Å²) >= 11 is 3.56. The Bertz CT molecular complexity index is 1480. The maximum Gasteiger partial charge on any atom is 0.408 e. The van der Waals surface area contributed by atoms with E-state index in [1.54, 1.807) is 35.2 Å². The molecule has 0 bridgehead atoms. The predicted octanol–water partition coefficient (Wildman–Crippen LogP) is 3.79. The number of anilines is 1. The predicted molar refractivity (Wildman–Crippen MR) is 138 cm³/mol. The number of piperidine rings is 1. The Balaban J connectivity index is 1.24. The Hall–Kier alpha value is -3.48. The van der Waals surface area contributed by atoms with Gasteiger partial charge in [-0.15, -0.1) is 0 Å². The number of H-pyrrole nitrogens is 1. The Morgan fingerprint density at radius 1 is 1.13 bits per heavy atom. The third kappa shape index (κ3) is 4.17. The van der Waals surface area contributed by atoms with Gasteiger partial charge in [-0.3, -0.25) is 19.5 Å². The number of nitrogens with one attached hydrogen (secondary N) is 1. The van der Waals surface area contributed by atoms with Gasteiger partial charge in [-0.2, -0.15) is 18.3 Å². The Morgan fingerprint density at radius 3 is 2.64 bits per heavy atom. The average Bonchev–Trinajstić information content (AvgIpc) is 3.64. The number of carbonyl (C=O) groups is 3. The van der Waals surface area contributed by atoms with Gasteiger partial charge in [-0.05, 0) is 49.9 Å². The van der Waals surface area contributed by atoms with E-state index in [1.165, 1.54) is 11.1 Å². The number of hydrogen-bond donors (Lipinski definition) is 1. The normalized spacial score (nSPS) is 20.8. The fourth-order valence-corrected chi connectivity index (χ4v) is 6.88. The van der Waals surface area contributed by atoms with Crippen LogP contribution in [-0.4, -0.2) is 81.1 Å². The van der Waals surface area contributed by atoms with Crippen LogP contribution in [0.4, 0.5) is 18.9 Å². The molecule has 0 saturated carbocycles. The smallest absolute Gasteiger partial charge is 0.337 e. The number of hydrogen-bond acceptors (Lipinski definition) is 5. The summed E-state index contributed by atoms with van der Waals surface area (Å²) in [5, 5.41) is 6.72. The van der Waals surface area contributed by atoms with Crippen LogP contribution < -0.4 is 4.90 Å². The minimum Gasteiger partial charge on any atom is -0.337 e. The topological polar surface area (TPSA) is 102 Å². The van der Waals surface area contributed by atoms with Gasteiger partial charge in [0.25, 0.3) is 5.91 Å². The molecule has 1 N–H and O–H groups in total. The molecule has 0 radical (unpaired) electrons. The summed E-state index contributed by atoms with van der Waals surface area (Å²) in [5.74, 6) is -1.31. The van der Waals surface area contributed by atoms with Crippen molar-refractivity contribution in [3.05, 3.63) is 52.3 Å². The molecule has 2 fully saturated rings. The SMILES string of the molecule is O=C(c1ccc2[nH]ncc2n1)N1CCC2(CC1)C(=O)N(CC(=O)N1CCCC1C(F)(F)F)c1cccc(Br)c12. The van der Waals surface area contributed by atoms with Gasteiger partial charge >= 0.3 is 6.18 Å². The molecule has 3 aliphatic heterocycles. The van der Waals surface area contributed by atoms with Crippen LogP contribution in [0, 0.1) is 0 Å². The lowest BCUT2D eigenvalue weighted by atomic mass is 9.73. The molecule has 1 unspecified atom stereocenters. The number of rotatable bonds is 3. The molecule has 13 heteroatoms. The number of nitrogens with zero attached hydrogens (tertiary/aromatic N) is 5. The third-order valence-corrected chi connectivity index (χ3v) is 8.74. The van der Waals surface area contributed by atoms with Crippen LogP contribution in [0.5, 0.6) is 0 Å². The minimum atomic E-state index is -4.51. The van der Waals surface area contributed by atoms with E-state index in [0.29, 0.717) is 39.6 Å². The summed E-state index contributed by atoms with van der Waals surface area (Å²) in [5.41, 5.74) is 1.79. The number of halogens is 4. The molecular formula is C26H24BrF3N6O3. The second-order valence-corrected chi connectivity index (χ2v) is 11.0. The molecule has 39 heavy (non-hydrogen) atoms. The molecule has 3 aliphatic rings. The number of carbonyl (C=O) groups excluding carboxylic acids is 3. The molecule has 2 aromatic heterocycles. The van der Waals surface area contributed by atoms with Crippen molar-refractivity contribution in [1.82, 2.24) is 25.0 Å². The van der Waals surface area contributed by atoms with E-state index >= 15 is 0 Å². The van der Waals surface area contributed by atoms with E-state index in [-0.39, 0.29) is 50.0 Å². The van der Waals surface area contributed by atoms with Crippen molar-refractivity contribution in [2.24, 2.45) is 0 Å². The summed E-state index contributed by atoms with van der Waals surface area (Å²) in [7, 11) is 0. The van der Waals surface area contributed by atoms with E-state index in [9.17, 15) is 27.6 Å². The molecule has 1 aromatic carbocycles. The first kappa shape index (κ1) is 25.8. The van der Waals surface area contributed by atoms with Gasteiger partial charge in [-0.1, -0.05) is 22.0 Å². The highest BCUT2D eigenvalue weighted by molar-refractivity contribution is 9.10. The zero-order chi connectivity index (χ0) is 27.5. The average molecular weight is 605 g/mol. The molecular weight excluding hydrogens is 581 g/mol. The van der Waals surface area contributed by atoms with Gasteiger partial charge < -0.3 is 14.7 Å². The maximum atomic E-state index is 14.0.